The van der Waals surface area contributed by atoms with Crippen LogP contribution in [0.1, 0.15) is 43.7 Å². The highest BCUT2D eigenvalue weighted by molar-refractivity contribution is 5.88. The normalized spacial score (nSPS) is 26.1. The Balaban J connectivity index is 1.50. The zero-order valence-corrected chi connectivity index (χ0v) is 13.8. The van der Waals surface area contributed by atoms with E-state index < -0.39 is 0 Å². The van der Waals surface area contributed by atoms with E-state index in [4.69, 9.17) is 0 Å². The van der Waals surface area contributed by atoms with E-state index in [0.717, 1.165) is 37.8 Å². The molecule has 1 atom stereocenters. The minimum Gasteiger partial charge on any atom is -0.373 e. The van der Waals surface area contributed by atoms with Crippen molar-refractivity contribution < 1.29 is 9.59 Å². The Labute approximate surface area is 137 Å². The van der Waals surface area contributed by atoms with E-state index in [2.05, 4.69) is 35.0 Å². The summed E-state index contributed by atoms with van der Waals surface area (Å²) in [7, 11) is 0. The van der Waals surface area contributed by atoms with E-state index in [-0.39, 0.29) is 29.9 Å². The third-order valence-electron chi connectivity index (χ3n) is 4.90. The Bertz CT molecular complexity index is 606. The monoisotopic (exact) mass is 315 g/mol. The highest BCUT2D eigenvalue weighted by atomic mass is 16.2. The van der Waals surface area contributed by atoms with Gasteiger partial charge in [-0.3, -0.25) is 9.59 Å². The van der Waals surface area contributed by atoms with Crippen LogP contribution in [-0.2, 0) is 16.0 Å². The van der Waals surface area contributed by atoms with Gasteiger partial charge in [0, 0.05) is 31.1 Å². The Kier molecular flexibility index (Phi) is 4.55. The van der Waals surface area contributed by atoms with Crippen LogP contribution >= 0.6 is 0 Å². The average Bonchev–Trinajstić information content (AvgIpc) is 2.94. The fourth-order valence-electron chi connectivity index (χ4n) is 3.68. The first-order chi connectivity index (χ1) is 11.0. The Morgan fingerprint density at radius 3 is 2.35 bits per heavy atom. The number of carbonyl (C=O) groups is 2. The van der Waals surface area contributed by atoms with Crippen LogP contribution in [0.4, 0.5) is 5.69 Å². The van der Waals surface area contributed by atoms with Gasteiger partial charge >= 0.3 is 0 Å². The van der Waals surface area contributed by atoms with E-state index >= 15 is 0 Å². The van der Waals surface area contributed by atoms with Gasteiger partial charge in [-0.25, -0.2) is 0 Å². The third kappa shape index (κ3) is 3.66. The maximum absolute atomic E-state index is 12.5. The molecule has 23 heavy (non-hydrogen) atoms. The van der Waals surface area contributed by atoms with Gasteiger partial charge in [0.1, 0.15) is 6.04 Å². The van der Waals surface area contributed by atoms with Gasteiger partial charge < -0.3 is 16.0 Å². The molecule has 0 saturated heterocycles. The van der Waals surface area contributed by atoms with Crippen LogP contribution in [0, 0.1) is 6.92 Å². The van der Waals surface area contributed by atoms with Gasteiger partial charge in [0.15, 0.2) is 0 Å². The molecule has 1 heterocycles. The van der Waals surface area contributed by atoms with Crippen molar-refractivity contribution in [3.8, 4) is 0 Å². The predicted octanol–water partition coefficient (Wildman–Crippen LogP) is 1.90. The molecule has 1 aromatic carbocycles. The van der Waals surface area contributed by atoms with E-state index in [1.165, 1.54) is 11.1 Å². The zero-order valence-electron chi connectivity index (χ0n) is 13.8. The van der Waals surface area contributed by atoms with Crippen molar-refractivity contribution >= 4 is 17.5 Å². The molecule has 2 amide bonds. The van der Waals surface area contributed by atoms with Crippen molar-refractivity contribution in [2.24, 2.45) is 0 Å². The predicted molar refractivity (Wildman–Crippen MR) is 90.3 cm³/mol. The second-order valence-corrected chi connectivity index (χ2v) is 6.77. The molecule has 0 bridgehead atoms. The van der Waals surface area contributed by atoms with Crippen LogP contribution < -0.4 is 16.0 Å². The van der Waals surface area contributed by atoms with Crippen molar-refractivity contribution in [2.45, 2.75) is 64.1 Å². The second kappa shape index (κ2) is 6.60. The first-order valence-corrected chi connectivity index (χ1v) is 8.45. The lowest BCUT2D eigenvalue weighted by Crippen LogP contribution is -2.47. The number of fused-ring (bicyclic) bond motifs is 1. The summed E-state index contributed by atoms with van der Waals surface area (Å²) in [6, 6.07) is 6.51. The lowest BCUT2D eigenvalue weighted by Gasteiger charge is -2.30. The Morgan fingerprint density at radius 1 is 1.09 bits per heavy atom. The number of anilines is 1. The van der Waals surface area contributed by atoms with Crippen LogP contribution in [0.15, 0.2) is 18.2 Å². The molecule has 1 aromatic rings. The smallest absolute Gasteiger partial charge is 0.243 e. The molecule has 5 nitrogen and oxygen atoms in total. The number of hydrogen-bond acceptors (Lipinski definition) is 3. The van der Waals surface area contributed by atoms with Gasteiger partial charge in [-0.1, -0.05) is 18.2 Å². The van der Waals surface area contributed by atoms with E-state index in [9.17, 15) is 9.59 Å². The van der Waals surface area contributed by atoms with Crippen LogP contribution in [-0.4, -0.2) is 29.9 Å². The summed E-state index contributed by atoms with van der Waals surface area (Å²) in [4.78, 5) is 23.6. The van der Waals surface area contributed by atoms with Crippen LogP contribution in [0.2, 0.25) is 0 Å². The molecule has 1 aliphatic heterocycles. The molecule has 0 spiro atoms. The summed E-state index contributed by atoms with van der Waals surface area (Å²) < 4.78 is 0. The highest BCUT2D eigenvalue weighted by Crippen LogP contribution is 2.29. The van der Waals surface area contributed by atoms with Crippen molar-refractivity contribution in [2.75, 3.05) is 5.32 Å². The summed E-state index contributed by atoms with van der Waals surface area (Å²) in [6.45, 7) is 3.62. The molecule has 0 aromatic heterocycles. The maximum atomic E-state index is 12.5. The van der Waals surface area contributed by atoms with Gasteiger partial charge in [-0.2, -0.15) is 0 Å². The van der Waals surface area contributed by atoms with Gasteiger partial charge in [-0.15, -0.1) is 0 Å². The highest BCUT2D eigenvalue weighted by Gasteiger charge is 2.30. The molecular formula is C18H25N3O2. The quantitative estimate of drug-likeness (QED) is 0.798. The Hall–Kier alpha value is -2.04. The fourth-order valence-corrected chi connectivity index (χ4v) is 3.68. The standard InChI is InChI=1S/C18H25N3O2/c1-11-4-3-5-13-10-16(21-17(11)13)18(23)20-15-8-6-14(7-9-15)19-12(2)22/h3-5,14-16,21H,6-10H2,1-2H3,(H,19,22)(H,20,23)/t14-,15-,16?. The fraction of sp³-hybridized carbons (Fsp3) is 0.556. The van der Waals surface area contributed by atoms with Crippen molar-refractivity contribution in [1.82, 2.24) is 10.6 Å². The molecule has 1 saturated carbocycles. The summed E-state index contributed by atoms with van der Waals surface area (Å²) >= 11 is 0. The number of nitrogens with one attached hydrogen (secondary N) is 3. The number of benzene rings is 1. The second-order valence-electron chi connectivity index (χ2n) is 6.77. The summed E-state index contributed by atoms with van der Waals surface area (Å²) in [5.74, 6) is 0.115. The molecule has 1 unspecified atom stereocenters. The number of carbonyl (C=O) groups excluding carboxylic acids is 2. The number of amides is 2. The number of aryl methyl sites for hydroxylation is 1. The minimum atomic E-state index is -0.167. The number of hydrogen-bond donors (Lipinski definition) is 3. The molecule has 1 fully saturated rings. The Morgan fingerprint density at radius 2 is 1.74 bits per heavy atom. The molecule has 3 rings (SSSR count). The molecule has 3 N–H and O–H groups in total. The van der Waals surface area contributed by atoms with Gasteiger partial charge in [0.05, 0.1) is 0 Å². The summed E-state index contributed by atoms with van der Waals surface area (Å²) in [5, 5.41) is 9.50. The van der Waals surface area contributed by atoms with E-state index in [1.54, 1.807) is 6.92 Å². The zero-order chi connectivity index (χ0) is 16.4. The summed E-state index contributed by atoms with van der Waals surface area (Å²) in [6.07, 6.45) is 4.47. The van der Waals surface area contributed by atoms with Gasteiger partial charge in [-0.05, 0) is 43.7 Å². The lowest BCUT2D eigenvalue weighted by atomic mass is 9.91. The van der Waals surface area contributed by atoms with Crippen molar-refractivity contribution in [3.05, 3.63) is 29.3 Å². The maximum Gasteiger partial charge on any atom is 0.243 e. The first-order valence-electron chi connectivity index (χ1n) is 8.45. The number of rotatable bonds is 3. The number of para-hydroxylation sites is 1. The van der Waals surface area contributed by atoms with Crippen LogP contribution in [0.25, 0.3) is 0 Å². The third-order valence-corrected chi connectivity index (χ3v) is 4.90. The van der Waals surface area contributed by atoms with Gasteiger partial charge in [0.25, 0.3) is 0 Å². The SMILES string of the molecule is CC(=O)N[C@H]1CC[C@H](NC(=O)C2Cc3cccc(C)c3N2)CC1. The van der Waals surface area contributed by atoms with E-state index in [0.29, 0.717) is 0 Å². The van der Waals surface area contributed by atoms with Crippen LogP contribution in [0.3, 0.4) is 0 Å². The molecule has 0 radical (unpaired) electrons. The molecule has 124 valence electrons. The van der Waals surface area contributed by atoms with Crippen molar-refractivity contribution in [3.63, 3.8) is 0 Å². The van der Waals surface area contributed by atoms with Crippen molar-refractivity contribution in [1.29, 1.82) is 0 Å². The first kappa shape index (κ1) is 15.8. The summed E-state index contributed by atoms with van der Waals surface area (Å²) in [5.41, 5.74) is 3.52. The molecule has 5 heteroatoms. The molecule has 1 aliphatic carbocycles. The van der Waals surface area contributed by atoms with E-state index in [1.807, 2.05) is 6.07 Å². The largest absolute Gasteiger partial charge is 0.373 e. The minimum absolute atomic E-state index is 0.0285. The van der Waals surface area contributed by atoms with Gasteiger partial charge in [0.2, 0.25) is 11.8 Å². The lowest BCUT2D eigenvalue weighted by molar-refractivity contribution is -0.123. The molecular weight excluding hydrogens is 290 g/mol. The van der Waals surface area contributed by atoms with Crippen LogP contribution in [0.5, 0.6) is 0 Å². The molecule has 2 aliphatic rings. The topological polar surface area (TPSA) is 70.2 Å². The average molecular weight is 315 g/mol.